The van der Waals surface area contributed by atoms with Gasteiger partial charge in [0.2, 0.25) is 0 Å². The molecule has 0 aromatic heterocycles. The average Bonchev–Trinajstić information content (AvgIpc) is 2.31. The van der Waals surface area contributed by atoms with E-state index in [9.17, 15) is 0 Å². The summed E-state index contributed by atoms with van der Waals surface area (Å²) in [7, 11) is 0. The molecule has 0 aromatic carbocycles. The van der Waals surface area contributed by atoms with Gasteiger partial charge in [0.25, 0.3) is 0 Å². The summed E-state index contributed by atoms with van der Waals surface area (Å²) in [4.78, 5) is 0. The number of hydrogen-bond donors (Lipinski definition) is 1. The molecular weight excluding hydrogens is 226 g/mol. The van der Waals surface area contributed by atoms with Gasteiger partial charge in [0.05, 0.1) is 12.7 Å². The van der Waals surface area contributed by atoms with Crippen LogP contribution in [0, 0.1) is 11.3 Å². The summed E-state index contributed by atoms with van der Waals surface area (Å²) in [5, 5.41) is 3.76. The van der Waals surface area contributed by atoms with Crippen molar-refractivity contribution in [2.75, 3.05) is 19.8 Å². The zero-order valence-electron chi connectivity index (χ0n) is 13.0. The van der Waals surface area contributed by atoms with Crippen LogP contribution in [0.25, 0.3) is 0 Å². The number of rotatable bonds is 8. The summed E-state index contributed by atoms with van der Waals surface area (Å²) >= 11 is 0. The molecule has 3 nitrogen and oxygen atoms in total. The highest BCUT2D eigenvalue weighted by atomic mass is 16.5. The second-order valence-corrected chi connectivity index (χ2v) is 6.23. The smallest absolute Gasteiger partial charge is 0.0655 e. The predicted octanol–water partition coefficient (Wildman–Crippen LogP) is 2.84. The SMILES string of the molecule is CCOCC(NC1CC(OCC)C1(C)C)C(C)C. The van der Waals surface area contributed by atoms with Gasteiger partial charge in [0.15, 0.2) is 0 Å². The fraction of sp³-hybridized carbons (Fsp3) is 1.00. The minimum absolute atomic E-state index is 0.232. The van der Waals surface area contributed by atoms with E-state index in [1.807, 2.05) is 0 Å². The van der Waals surface area contributed by atoms with E-state index in [0.29, 0.717) is 24.1 Å². The van der Waals surface area contributed by atoms with Crippen LogP contribution < -0.4 is 5.32 Å². The Bertz CT molecular complexity index is 241. The van der Waals surface area contributed by atoms with Gasteiger partial charge < -0.3 is 14.8 Å². The Morgan fingerprint density at radius 2 is 1.89 bits per heavy atom. The van der Waals surface area contributed by atoms with Crippen molar-refractivity contribution in [2.45, 2.75) is 66.2 Å². The van der Waals surface area contributed by atoms with E-state index in [1.54, 1.807) is 0 Å². The number of ether oxygens (including phenoxy) is 2. The Kier molecular flexibility index (Phi) is 6.09. The molecule has 1 N–H and O–H groups in total. The van der Waals surface area contributed by atoms with Crippen molar-refractivity contribution in [3.05, 3.63) is 0 Å². The van der Waals surface area contributed by atoms with E-state index in [0.717, 1.165) is 26.2 Å². The summed E-state index contributed by atoms with van der Waals surface area (Å²) in [5.41, 5.74) is 0.232. The molecule has 0 saturated heterocycles. The zero-order chi connectivity index (χ0) is 13.8. The molecule has 3 atom stereocenters. The van der Waals surface area contributed by atoms with Crippen LogP contribution in [-0.2, 0) is 9.47 Å². The topological polar surface area (TPSA) is 30.5 Å². The van der Waals surface area contributed by atoms with E-state index in [-0.39, 0.29) is 5.41 Å². The largest absolute Gasteiger partial charge is 0.380 e. The van der Waals surface area contributed by atoms with Crippen molar-refractivity contribution in [2.24, 2.45) is 11.3 Å². The van der Waals surface area contributed by atoms with Gasteiger partial charge in [0, 0.05) is 30.7 Å². The quantitative estimate of drug-likeness (QED) is 0.725. The molecule has 0 bridgehead atoms. The van der Waals surface area contributed by atoms with Crippen molar-refractivity contribution in [1.82, 2.24) is 5.32 Å². The normalized spacial score (nSPS) is 28.2. The van der Waals surface area contributed by atoms with Crippen molar-refractivity contribution < 1.29 is 9.47 Å². The van der Waals surface area contributed by atoms with E-state index < -0.39 is 0 Å². The van der Waals surface area contributed by atoms with Crippen LogP contribution in [0.1, 0.15) is 48.0 Å². The zero-order valence-corrected chi connectivity index (χ0v) is 13.0. The summed E-state index contributed by atoms with van der Waals surface area (Å²) in [6.07, 6.45) is 1.52. The monoisotopic (exact) mass is 257 g/mol. The second kappa shape index (κ2) is 6.88. The van der Waals surface area contributed by atoms with E-state index in [4.69, 9.17) is 9.47 Å². The van der Waals surface area contributed by atoms with Crippen LogP contribution in [0.5, 0.6) is 0 Å². The lowest BCUT2D eigenvalue weighted by Crippen LogP contribution is -2.64. The Labute approximate surface area is 113 Å². The molecule has 1 aliphatic rings. The maximum atomic E-state index is 5.78. The van der Waals surface area contributed by atoms with Crippen molar-refractivity contribution in [1.29, 1.82) is 0 Å². The molecule has 1 saturated carbocycles. The summed E-state index contributed by atoms with van der Waals surface area (Å²) in [6, 6.07) is 0.985. The molecule has 1 fully saturated rings. The van der Waals surface area contributed by atoms with Crippen molar-refractivity contribution in [3.8, 4) is 0 Å². The first-order chi connectivity index (χ1) is 8.43. The first-order valence-electron chi connectivity index (χ1n) is 7.38. The van der Waals surface area contributed by atoms with Crippen LogP contribution in [0.15, 0.2) is 0 Å². The molecule has 0 heterocycles. The van der Waals surface area contributed by atoms with E-state index in [1.165, 1.54) is 0 Å². The second-order valence-electron chi connectivity index (χ2n) is 6.23. The third-order valence-corrected chi connectivity index (χ3v) is 4.27. The summed E-state index contributed by atoms with van der Waals surface area (Å²) < 4.78 is 11.4. The van der Waals surface area contributed by atoms with Crippen LogP contribution in [0.2, 0.25) is 0 Å². The van der Waals surface area contributed by atoms with Crippen molar-refractivity contribution >= 4 is 0 Å². The molecular formula is C15H31NO2. The Balaban J connectivity index is 2.46. The van der Waals surface area contributed by atoms with E-state index in [2.05, 4.69) is 46.9 Å². The van der Waals surface area contributed by atoms with Gasteiger partial charge in [-0.15, -0.1) is 0 Å². The molecule has 18 heavy (non-hydrogen) atoms. The molecule has 0 spiro atoms. The van der Waals surface area contributed by atoms with E-state index >= 15 is 0 Å². The molecule has 0 radical (unpaired) electrons. The average molecular weight is 257 g/mol. The molecule has 1 rings (SSSR count). The van der Waals surface area contributed by atoms with Gasteiger partial charge in [-0.2, -0.15) is 0 Å². The highest BCUT2D eigenvalue weighted by Crippen LogP contribution is 2.43. The van der Waals surface area contributed by atoms with Crippen LogP contribution >= 0.6 is 0 Å². The summed E-state index contributed by atoms with van der Waals surface area (Å²) in [6.45, 7) is 15.6. The van der Waals surface area contributed by atoms with Gasteiger partial charge in [-0.1, -0.05) is 27.7 Å². The van der Waals surface area contributed by atoms with Crippen LogP contribution in [0.4, 0.5) is 0 Å². The van der Waals surface area contributed by atoms with Crippen LogP contribution in [-0.4, -0.2) is 38.0 Å². The van der Waals surface area contributed by atoms with Gasteiger partial charge in [-0.3, -0.25) is 0 Å². The minimum atomic E-state index is 0.232. The standard InChI is InChI=1S/C15H31NO2/c1-7-17-10-12(11(3)4)16-13-9-14(18-8-2)15(13,5)6/h11-14,16H,7-10H2,1-6H3. The molecule has 0 aliphatic heterocycles. The molecule has 1 aliphatic carbocycles. The fourth-order valence-electron chi connectivity index (χ4n) is 2.59. The highest BCUT2D eigenvalue weighted by Gasteiger charge is 2.49. The predicted molar refractivity (Wildman–Crippen MR) is 75.9 cm³/mol. The first-order valence-corrected chi connectivity index (χ1v) is 7.38. The molecule has 108 valence electrons. The Morgan fingerprint density at radius 3 is 2.33 bits per heavy atom. The Morgan fingerprint density at radius 1 is 1.22 bits per heavy atom. The molecule has 3 unspecified atom stereocenters. The maximum Gasteiger partial charge on any atom is 0.0655 e. The fourth-order valence-corrected chi connectivity index (χ4v) is 2.59. The van der Waals surface area contributed by atoms with Gasteiger partial charge in [0.1, 0.15) is 0 Å². The number of hydrogen-bond acceptors (Lipinski definition) is 3. The van der Waals surface area contributed by atoms with Crippen LogP contribution in [0.3, 0.4) is 0 Å². The molecule has 0 aromatic rings. The number of nitrogens with one attached hydrogen (secondary N) is 1. The minimum Gasteiger partial charge on any atom is -0.380 e. The lowest BCUT2D eigenvalue weighted by atomic mass is 9.64. The lowest BCUT2D eigenvalue weighted by Gasteiger charge is -2.53. The van der Waals surface area contributed by atoms with Crippen molar-refractivity contribution in [3.63, 3.8) is 0 Å². The molecule has 3 heteroatoms. The van der Waals surface area contributed by atoms with Gasteiger partial charge in [-0.05, 0) is 26.2 Å². The summed E-state index contributed by atoms with van der Waals surface area (Å²) in [5.74, 6) is 0.596. The highest BCUT2D eigenvalue weighted by molar-refractivity contribution is 5.03. The molecule has 0 amide bonds. The van der Waals surface area contributed by atoms with Gasteiger partial charge >= 0.3 is 0 Å². The lowest BCUT2D eigenvalue weighted by molar-refractivity contribution is -0.119. The third-order valence-electron chi connectivity index (χ3n) is 4.27. The maximum absolute atomic E-state index is 5.78. The Hall–Kier alpha value is -0.120. The first kappa shape index (κ1) is 15.9. The van der Waals surface area contributed by atoms with Gasteiger partial charge in [-0.25, -0.2) is 0 Å². The third kappa shape index (κ3) is 3.69.